The summed E-state index contributed by atoms with van der Waals surface area (Å²) in [7, 11) is 0. The summed E-state index contributed by atoms with van der Waals surface area (Å²) in [6.07, 6.45) is 3.07. The van der Waals surface area contributed by atoms with E-state index in [9.17, 15) is 4.39 Å². The molecule has 0 saturated carbocycles. The fourth-order valence-corrected chi connectivity index (χ4v) is 3.09. The van der Waals surface area contributed by atoms with E-state index < -0.39 is 6.17 Å². The van der Waals surface area contributed by atoms with Gasteiger partial charge >= 0.3 is 0 Å². The minimum absolute atomic E-state index is 0.227. The van der Waals surface area contributed by atoms with Gasteiger partial charge in [-0.1, -0.05) is 0 Å². The molecule has 0 aromatic carbocycles. The van der Waals surface area contributed by atoms with Crippen molar-refractivity contribution in [2.45, 2.75) is 25.1 Å². The second-order valence-corrected chi connectivity index (χ2v) is 5.54. The molecular weight excluding hydrogens is 221 g/mol. The molecule has 0 aliphatic carbocycles. The predicted molar refractivity (Wildman–Crippen MR) is 63.0 cm³/mol. The molecule has 1 spiro atoms. The molecule has 0 amide bonds. The lowest BCUT2D eigenvalue weighted by Gasteiger charge is -2.49. The molecule has 0 aromatic heterocycles. The molecule has 17 heavy (non-hydrogen) atoms. The van der Waals surface area contributed by atoms with E-state index in [1.54, 1.807) is 6.20 Å². The monoisotopic (exact) mass is 241 g/mol. The Hall–Kier alpha value is -0.810. The number of alkyl halides is 1. The summed E-state index contributed by atoms with van der Waals surface area (Å²) in [4.78, 5) is 2.20. The van der Waals surface area contributed by atoms with Crippen molar-refractivity contribution in [1.29, 1.82) is 0 Å². The van der Waals surface area contributed by atoms with Gasteiger partial charge in [0, 0.05) is 23.9 Å². The first-order chi connectivity index (χ1) is 8.20. The van der Waals surface area contributed by atoms with Crippen molar-refractivity contribution in [2.24, 2.45) is 11.1 Å². The molecule has 0 radical (unpaired) electrons. The molecule has 4 nitrogen and oxygen atoms in total. The largest absolute Gasteiger partial charge is 0.399 e. The van der Waals surface area contributed by atoms with Gasteiger partial charge in [-0.3, -0.25) is 4.90 Å². The number of hydrogen-bond donors (Lipinski definition) is 2. The second kappa shape index (κ2) is 4.14. The van der Waals surface area contributed by atoms with Crippen LogP contribution in [0.4, 0.5) is 4.39 Å². The molecule has 3 aliphatic heterocycles. The molecular formula is C12H20FN3O. The molecule has 0 bridgehead atoms. The van der Waals surface area contributed by atoms with Gasteiger partial charge < -0.3 is 15.8 Å². The van der Waals surface area contributed by atoms with Gasteiger partial charge in [-0.2, -0.15) is 0 Å². The predicted octanol–water partition coefficient (Wildman–Crippen LogP) is 0.209. The SMILES string of the molecule is NC1=CNCC(F)C1N1CCC2(CC1)COC2. The van der Waals surface area contributed by atoms with Gasteiger partial charge in [0.2, 0.25) is 0 Å². The van der Waals surface area contributed by atoms with E-state index in [2.05, 4.69) is 10.2 Å². The Bertz CT molecular complexity index is 320. The van der Waals surface area contributed by atoms with Gasteiger partial charge in [0.15, 0.2) is 0 Å². The number of hydrogen-bond acceptors (Lipinski definition) is 4. The highest BCUT2D eigenvalue weighted by molar-refractivity contribution is 5.14. The van der Waals surface area contributed by atoms with Crippen molar-refractivity contribution in [3.8, 4) is 0 Å². The van der Waals surface area contributed by atoms with Crippen LogP contribution in [0, 0.1) is 5.41 Å². The minimum Gasteiger partial charge on any atom is -0.399 e. The van der Waals surface area contributed by atoms with Crippen LogP contribution in [0.2, 0.25) is 0 Å². The molecule has 5 heteroatoms. The van der Waals surface area contributed by atoms with E-state index >= 15 is 0 Å². The van der Waals surface area contributed by atoms with Crippen LogP contribution in [-0.2, 0) is 4.74 Å². The number of nitrogens with zero attached hydrogens (tertiary/aromatic N) is 1. The zero-order valence-corrected chi connectivity index (χ0v) is 9.99. The highest BCUT2D eigenvalue weighted by Crippen LogP contribution is 2.39. The maximum absolute atomic E-state index is 13.9. The Morgan fingerprint density at radius 1 is 1.41 bits per heavy atom. The van der Waals surface area contributed by atoms with Crippen LogP contribution in [0.3, 0.4) is 0 Å². The molecule has 2 fully saturated rings. The maximum Gasteiger partial charge on any atom is 0.138 e. The van der Waals surface area contributed by atoms with Crippen LogP contribution >= 0.6 is 0 Å². The first-order valence-electron chi connectivity index (χ1n) is 6.35. The molecule has 3 aliphatic rings. The van der Waals surface area contributed by atoms with E-state index in [0.717, 1.165) is 39.1 Å². The van der Waals surface area contributed by atoms with Gasteiger partial charge in [-0.05, 0) is 25.9 Å². The van der Waals surface area contributed by atoms with E-state index in [1.807, 2.05) is 0 Å². The maximum atomic E-state index is 13.9. The van der Waals surface area contributed by atoms with E-state index in [1.165, 1.54) is 0 Å². The summed E-state index contributed by atoms with van der Waals surface area (Å²) < 4.78 is 19.2. The van der Waals surface area contributed by atoms with E-state index in [0.29, 0.717) is 17.7 Å². The van der Waals surface area contributed by atoms with E-state index in [4.69, 9.17) is 10.5 Å². The highest BCUT2D eigenvalue weighted by Gasteiger charge is 2.44. The Kier molecular flexibility index (Phi) is 2.75. The van der Waals surface area contributed by atoms with Crippen molar-refractivity contribution in [2.75, 3.05) is 32.8 Å². The van der Waals surface area contributed by atoms with Crippen molar-refractivity contribution in [3.63, 3.8) is 0 Å². The van der Waals surface area contributed by atoms with E-state index in [-0.39, 0.29) is 6.04 Å². The Morgan fingerprint density at radius 3 is 2.65 bits per heavy atom. The lowest BCUT2D eigenvalue weighted by Crippen LogP contribution is -2.57. The van der Waals surface area contributed by atoms with Crippen molar-refractivity contribution < 1.29 is 9.13 Å². The van der Waals surface area contributed by atoms with Crippen LogP contribution in [0.15, 0.2) is 11.9 Å². The minimum atomic E-state index is -0.897. The van der Waals surface area contributed by atoms with Crippen LogP contribution in [-0.4, -0.2) is 50.0 Å². The second-order valence-electron chi connectivity index (χ2n) is 5.54. The molecule has 3 N–H and O–H groups in total. The summed E-state index contributed by atoms with van der Waals surface area (Å²) in [6.45, 7) is 4.01. The summed E-state index contributed by atoms with van der Waals surface area (Å²) in [6, 6.07) is -0.227. The Labute approximate surface area is 101 Å². The summed E-state index contributed by atoms with van der Waals surface area (Å²) in [5.41, 5.74) is 6.93. The Balaban J connectivity index is 1.65. The average molecular weight is 241 g/mol. The van der Waals surface area contributed by atoms with Crippen LogP contribution in [0.5, 0.6) is 0 Å². The number of likely N-dealkylation sites (tertiary alicyclic amines) is 1. The van der Waals surface area contributed by atoms with Gasteiger partial charge in [0.1, 0.15) is 6.17 Å². The Morgan fingerprint density at radius 2 is 2.12 bits per heavy atom. The molecule has 3 rings (SSSR count). The highest BCUT2D eigenvalue weighted by atomic mass is 19.1. The number of rotatable bonds is 1. The molecule has 2 atom stereocenters. The van der Waals surface area contributed by atoms with Gasteiger partial charge in [0.25, 0.3) is 0 Å². The lowest BCUT2D eigenvalue weighted by atomic mass is 9.76. The van der Waals surface area contributed by atoms with Gasteiger partial charge in [0.05, 0.1) is 19.3 Å². The average Bonchev–Trinajstić information content (AvgIpc) is 2.28. The third kappa shape index (κ3) is 1.91. The number of nitrogens with one attached hydrogen (secondary N) is 1. The summed E-state index contributed by atoms with van der Waals surface area (Å²) in [5.74, 6) is 0. The van der Waals surface area contributed by atoms with Crippen LogP contribution in [0.25, 0.3) is 0 Å². The fourth-order valence-electron chi connectivity index (χ4n) is 3.09. The van der Waals surface area contributed by atoms with Crippen molar-refractivity contribution >= 4 is 0 Å². The number of nitrogens with two attached hydrogens (primary N) is 1. The first-order valence-corrected chi connectivity index (χ1v) is 6.35. The molecule has 0 aromatic rings. The van der Waals surface area contributed by atoms with Crippen LogP contribution in [0.1, 0.15) is 12.8 Å². The third-order valence-electron chi connectivity index (χ3n) is 4.33. The third-order valence-corrected chi connectivity index (χ3v) is 4.33. The summed E-state index contributed by atoms with van der Waals surface area (Å²) in [5, 5.41) is 2.88. The number of halogens is 1. The normalized spacial score (nSPS) is 37.1. The van der Waals surface area contributed by atoms with Gasteiger partial charge in [-0.25, -0.2) is 4.39 Å². The smallest absolute Gasteiger partial charge is 0.138 e. The number of ether oxygens (including phenoxy) is 1. The molecule has 96 valence electrons. The zero-order valence-electron chi connectivity index (χ0n) is 9.99. The summed E-state index contributed by atoms with van der Waals surface area (Å²) >= 11 is 0. The quantitative estimate of drug-likeness (QED) is 0.689. The lowest BCUT2D eigenvalue weighted by molar-refractivity contribution is -0.143. The van der Waals surface area contributed by atoms with Gasteiger partial charge in [-0.15, -0.1) is 0 Å². The first kappa shape index (κ1) is 11.3. The topological polar surface area (TPSA) is 50.5 Å². The number of piperidine rings is 1. The molecule has 2 unspecified atom stereocenters. The standard InChI is InChI=1S/C12H20FN3O/c13-9-5-15-6-10(14)11(9)16-3-1-12(2-4-16)7-17-8-12/h6,9,11,15H,1-5,7-8,14H2. The van der Waals surface area contributed by atoms with Crippen molar-refractivity contribution in [3.05, 3.63) is 11.9 Å². The fraction of sp³-hybridized carbons (Fsp3) is 0.833. The van der Waals surface area contributed by atoms with Crippen LogP contribution < -0.4 is 11.1 Å². The van der Waals surface area contributed by atoms with Crippen molar-refractivity contribution in [1.82, 2.24) is 10.2 Å². The molecule has 3 heterocycles. The molecule has 2 saturated heterocycles. The zero-order chi connectivity index (χ0) is 11.9.